The lowest BCUT2D eigenvalue weighted by atomic mass is 10.0. The molecule has 2 N–H and O–H groups in total. The van der Waals surface area contributed by atoms with Crippen LogP contribution in [0.25, 0.3) is 0 Å². The fraction of sp³-hybridized carbons (Fsp3) is 0.345. The molecule has 0 fully saturated rings. The van der Waals surface area contributed by atoms with Gasteiger partial charge in [-0.25, -0.2) is 0 Å². The normalized spacial score (nSPS) is 16.0. The van der Waals surface area contributed by atoms with Crippen molar-refractivity contribution in [3.8, 4) is 5.75 Å². The quantitative estimate of drug-likeness (QED) is 0.268. The molecule has 0 amide bonds. The SMILES string of the molecule is C/C(Cl)=C\C=C1/CN=CC=C1NCCCNCCCC(Oc1ccc(C(F)(F)F)cc1)c1ccccc1. The fourth-order valence-electron chi connectivity index (χ4n) is 3.82. The van der Waals surface area contributed by atoms with Gasteiger partial charge in [-0.1, -0.05) is 48.0 Å². The predicted molar refractivity (Wildman–Crippen MR) is 145 cm³/mol. The van der Waals surface area contributed by atoms with Gasteiger partial charge in [-0.15, -0.1) is 0 Å². The largest absolute Gasteiger partial charge is 0.486 e. The molecule has 2 aromatic rings. The first-order chi connectivity index (χ1) is 17.8. The lowest BCUT2D eigenvalue weighted by molar-refractivity contribution is -0.137. The lowest BCUT2D eigenvalue weighted by Gasteiger charge is -2.20. The molecule has 0 spiro atoms. The number of hydrogen-bond donors (Lipinski definition) is 2. The summed E-state index contributed by atoms with van der Waals surface area (Å²) in [6, 6.07) is 14.6. The molecular weight excluding hydrogens is 499 g/mol. The number of nitrogens with zero attached hydrogens (tertiary/aromatic N) is 1. The highest BCUT2D eigenvalue weighted by Gasteiger charge is 2.30. The molecule has 37 heavy (non-hydrogen) atoms. The van der Waals surface area contributed by atoms with Crippen molar-refractivity contribution >= 4 is 17.8 Å². The van der Waals surface area contributed by atoms with Gasteiger partial charge < -0.3 is 15.4 Å². The molecule has 1 heterocycles. The number of hydrogen-bond acceptors (Lipinski definition) is 4. The number of allylic oxidation sites excluding steroid dienone is 4. The van der Waals surface area contributed by atoms with E-state index >= 15 is 0 Å². The van der Waals surface area contributed by atoms with E-state index in [0.717, 1.165) is 72.9 Å². The van der Waals surface area contributed by atoms with Crippen LogP contribution in [-0.2, 0) is 6.18 Å². The zero-order valence-corrected chi connectivity index (χ0v) is 21.7. The van der Waals surface area contributed by atoms with Crippen molar-refractivity contribution in [2.24, 2.45) is 4.99 Å². The molecule has 1 aliphatic heterocycles. The number of nitrogens with one attached hydrogen (secondary N) is 2. The molecule has 0 saturated carbocycles. The molecule has 0 radical (unpaired) electrons. The van der Waals surface area contributed by atoms with Gasteiger partial charge in [0.1, 0.15) is 11.9 Å². The summed E-state index contributed by atoms with van der Waals surface area (Å²) < 4.78 is 44.7. The van der Waals surface area contributed by atoms with Crippen LogP contribution in [0, 0.1) is 0 Å². The van der Waals surface area contributed by atoms with E-state index in [-0.39, 0.29) is 6.10 Å². The van der Waals surface area contributed by atoms with E-state index in [9.17, 15) is 13.2 Å². The Morgan fingerprint density at radius 2 is 1.78 bits per heavy atom. The Hall–Kier alpha value is -3.03. The average molecular weight is 532 g/mol. The maximum atomic E-state index is 12.9. The highest BCUT2D eigenvalue weighted by atomic mass is 35.5. The summed E-state index contributed by atoms with van der Waals surface area (Å²) in [7, 11) is 0. The fourth-order valence-corrected chi connectivity index (χ4v) is 3.89. The van der Waals surface area contributed by atoms with Gasteiger partial charge in [-0.05, 0) is 86.8 Å². The molecule has 3 rings (SSSR count). The van der Waals surface area contributed by atoms with Crippen molar-refractivity contribution in [2.45, 2.75) is 38.5 Å². The number of dihydropyridines is 1. The van der Waals surface area contributed by atoms with Crippen molar-refractivity contribution in [3.63, 3.8) is 0 Å². The zero-order chi connectivity index (χ0) is 26.5. The summed E-state index contributed by atoms with van der Waals surface area (Å²) in [5.74, 6) is 0.424. The number of alkyl halides is 3. The maximum Gasteiger partial charge on any atom is 0.416 e. The van der Waals surface area contributed by atoms with E-state index in [1.807, 2.05) is 61.7 Å². The minimum absolute atomic E-state index is 0.239. The smallest absolute Gasteiger partial charge is 0.416 e. The first-order valence-electron chi connectivity index (χ1n) is 12.4. The molecule has 1 unspecified atom stereocenters. The first-order valence-corrected chi connectivity index (χ1v) is 12.8. The summed E-state index contributed by atoms with van der Waals surface area (Å²) in [6.45, 7) is 4.99. The van der Waals surface area contributed by atoms with Gasteiger partial charge in [0.05, 0.1) is 12.1 Å². The Kier molecular flexibility index (Phi) is 11.3. The van der Waals surface area contributed by atoms with E-state index in [4.69, 9.17) is 16.3 Å². The summed E-state index contributed by atoms with van der Waals surface area (Å²) in [5.41, 5.74) is 2.49. The third kappa shape index (κ3) is 10.1. The molecule has 1 aliphatic rings. The standard InChI is InChI=1S/C29H33ClF3N3O/c1-22(30)10-11-24-21-35-20-16-27(24)36-19-6-18-34-17-5-9-28(23-7-3-2-4-8-23)37-26-14-12-25(13-15-26)29(31,32)33/h2-4,7-8,10-16,20,28,34,36H,5-6,9,17-19,21H2,1H3/b22-10+,24-11+. The van der Waals surface area contributed by atoms with Crippen LogP contribution in [-0.4, -0.2) is 32.4 Å². The predicted octanol–water partition coefficient (Wildman–Crippen LogP) is 7.21. The van der Waals surface area contributed by atoms with Gasteiger partial charge >= 0.3 is 6.18 Å². The number of ether oxygens (including phenoxy) is 1. The van der Waals surface area contributed by atoms with Gasteiger partial charge in [-0.2, -0.15) is 13.2 Å². The number of benzene rings is 2. The van der Waals surface area contributed by atoms with E-state index < -0.39 is 11.7 Å². The van der Waals surface area contributed by atoms with Crippen LogP contribution in [0.4, 0.5) is 13.2 Å². The highest BCUT2D eigenvalue weighted by Crippen LogP contribution is 2.32. The number of rotatable bonds is 13. The molecule has 0 saturated heterocycles. The third-order valence-corrected chi connectivity index (χ3v) is 5.89. The van der Waals surface area contributed by atoms with Crippen LogP contribution in [0.2, 0.25) is 0 Å². The maximum absolute atomic E-state index is 12.9. The Labute approximate surface area is 222 Å². The molecule has 2 aromatic carbocycles. The molecule has 198 valence electrons. The topological polar surface area (TPSA) is 45.7 Å². The minimum Gasteiger partial charge on any atom is -0.486 e. The van der Waals surface area contributed by atoms with Crippen LogP contribution >= 0.6 is 11.6 Å². The number of aliphatic imine (C=N–C) groups is 1. The Bertz CT molecular complexity index is 1090. The van der Waals surface area contributed by atoms with Gasteiger partial charge in [0, 0.05) is 23.5 Å². The van der Waals surface area contributed by atoms with Crippen LogP contribution in [0.1, 0.15) is 43.4 Å². The average Bonchev–Trinajstić information content (AvgIpc) is 2.89. The summed E-state index contributed by atoms with van der Waals surface area (Å²) in [4.78, 5) is 4.29. The van der Waals surface area contributed by atoms with E-state index in [1.54, 1.807) is 0 Å². The van der Waals surface area contributed by atoms with Gasteiger partial charge in [0.25, 0.3) is 0 Å². The van der Waals surface area contributed by atoms with Crippen LogP contribution < -0.4 is 15.4 Å². The Balaban J connectivity index is 1.41. The van der Waals surface area contributed by atoms with Gasteiger partial charge in [0.2, 0.25) is 0 Å². The molecular formula is C29H33ClF3N3O. The third-order valence-electron chi connectivity index (χ3n) is 5.77. The van der Waals surface area contributed by atoms with E-state index in [0.29, 0.717) is 12.3 Å². The molecule has 1 atom stereocenters. The second kappa shape index (κ2) is 14.6. The molecule has 0 aromatic heterocycles. The minimum atomic E-state index is -4.36. The zero-order valence-electron chi connectivity index (χ0n) is 20.9. The second-order valence-corrected chi connectivity index (χ2v) is 9.32. The summed E-state index contributed by atoms with van der Waals surface area (Å²) >= 11 is 5.93. The molecule has 0 bridgehead atoms. The Morgan fingerprint density at radius 3 is 2.49 bits per heavy atom. The van der Waals surface area contributed by atoms with Crippen molar-refractivity contribution in [3.05, 3.63) is 100 Å². The van der Waals surface area contributed by atoms with Gasteiger partial charge in [0.15, 0.2) is 0 Å². The van der Waals surface area contributed by atoms with Crippen LogP contribution in [0.15, 0.2) is 94.1 Å². The van der Waals surface area contributed by atoms with E-state index in [2.05, 4.69) is 15.6 Å². The lowest BCUT2D eigenvalue weighted by Crippen LogP contribution is -2.24. The van der Waals surface area contributed by atoms with E-state index in [1.165, 1.54) is 12.1 Å². The van der Waals surface area contributed by atoms with Crippen molar-refractivity contribution in [1.82, 2.24) is 10.6 Å². The summed E-state index contributed by atoms with van der Waals surface area (Å²) in [6.07, 6.45) is 5.61. The molecule has 4 nitrogen and oxygen atoms in total. The Morgan fingerprint density at radius 1 is 1.05 bits per heavy atom. The summed E-state index contributed by atoms with van der Waals surface area (Å²) in [5, 5.41) is 7.65. The monoisotopic (exact) mass is 531 g/mol. The van der Waals surface area contributed by atoms with Crippen molar-refractivity contribution in [2.75, 3.05) is 26.2 Å². The highest BCUT2D eigenvalue weighted by molar-refractivity contribution is 6.29. The van der Waals surface area contributed by atoms with Crippen molar-refractivity contribution in [1.29, 1.82) is 0 Å². The number of halogens is 4. The second-order valence-electron chi connectivity index (χ2n) is 8.73. The van der Waals surface area contributed by atoms with Crippen LogP contribution in [0.3, 0.4) is 0 Å². The molecule has 0 aliphatic carbocycles. The molecule has 8 heteroatoms. The van der Waals surface area contributed by atoms with Crippen LogP contribution in [0.5, 0.6) is 5.75 Å². The first kappa shape index (κ1) is 28.5. The van der Waals surface area contributed by atoms with Crippen molar-refractivity contribution < 1.29 is 17.9 Å². The van der Waals surface area contributed by atoms with Gasteiger partial charge in [-0.3, -0.25) is 4.99 Å².